The summed E-state index contributed by atoms with van der Waals surface area (Å²) in [4.78, 5) is 11.8. The van der Waals surface area contributed by atoms with Crippen molar-refractivity contribution in [3.05, 3.63) is 57.3 Å². The van der Waals surface area contributed by atoms with Crippen molar-refractivity contribution in [3.63, 3.8) is 0 Å². The Morgan fingerprint density at radius 1 is 1.00 bits per heavy atom. The fourth-order valence-electron chi connectivity index (χ4n) is 1.62. The number of hydrogen-bond acceptors (Lipinski definition) is 2. The second-order valence-electron chi connectivity index (χ2n) is 4.19. The Kier molecular flexibility index (Phi) is 5.28. The Morgan fingerprint density at radius 3 is 2.29 bits per heavy atom. The SMILES string of the molecule is O=C(CNc1cc(Cl)cc(Cl)c1)Nc1ccc(F)c(Cl)c1. The fourth-order valence-corrected chi connectivity index (χ4v) is 2.32. The zero-order chi connectivity index (χ0) is 15.4. The number of halogens is 4. The number of benzene rings is 2. The minimum Gasteiger partial charge on any atom is -0.376 e. The summed E-state index contributed by atoms with van der Waals surface area (Å²) in [6, 6.07) is 8.84. The van der Waals surface area contributed by atoms with Crippen molar-refractivity contribution < 1.29 is 9.18 Å². The molecule has 0 aromatic heterocycles. The minimum absolute atomic E-state index is 0.00562. The van der Waals surface area contributed by atoms with E-state index < -0.39 is 5.82 Å². The van der Waals surface area contributed by atoms with E-state index in [2.05, 4.69) is 10.6 Å². The first-order valence-electron chi connectivity index (χ1n) is 5.89. The monoisotopic (exact) mass is 346 g/mol. The van der Waals surface area contributed by atoms with Gasteiger partial charge in [0.1, 0.15) is 5.82 Å². The number of carbonyl (C=O) groups is 1. The van der Waals surface area contributed by atoms with Crippen LogP contribution in [0.5, 0.6) is 0 Å². The quantitative estimate of drug-likeness (QED) is 0.831. The second kappa shape index (κ2) is 6.98. The summed E-state index contributed by atoms with van der Waals surface area (Å²) in [5.74, 6) is -0.852. The standard InChI is InChI=1S/C14H10Cl3FN2O/c15-8-3-9(16)5-11(4-8)19-7-14(21)20-10-1-2-13(18)12(17)6-10/h1-6,19H,7H2,(H,20,21). The second-order valence-corrected chi connectivity index (χ2v) is 5.47. The molecule has 0 aliphatic carbocycles. The van der Waals surface area contributed by atoms with Gasteiger partial charge in [0.05, 0.1) is 11.6 Å². The third-order valence-electron chi connectivity index (χ3n) is 2.52. The first-order chi connectivity index (χ1) is 9.94. The van der Waals surface area contributed by atoms with Gasteiger partial charge in [0.15, 0.2) is 0 Å². The maximum Gasteiger partial charge on any atom is 0.243 e. The molecular weight excluding hydrogens is 338 g/mol. The summed E-state index contributed by atoms with van der Waals surface area (Å²) in [5.41, 5.74) is 1.04. The molecule has 0 atom stereocenters. The summed E-state index contributed by atoms with van der Waals surface area (Å²) < 4.78 is 13.0. The van der Waals surface area contributed by atoms with E-state index in [0.717, 1.165) is 0 Å². The van der Waals surface area contributed by atoms with Crippen LogP contribution in [0.15, 0.2) is 36.4 Å². The molecule has 0 aliphatic heterocycles. The summed E-state index contributed by atoms with van der Waals surface area (Å²) in [5, 5.41) is 6.36. The van der Waals surface area contributed by atoms with Gasteiger partial charge >= 0.3 is 0 Å². The van der Waals surface area contributed by atoms with Crippen LogP contribution in [0.4, 0.5) is 15.8 Å². The number of anilines is 2. The van der Waals surface area contributed by atoms with E-state index in [9.17, 15) is 9.18 Å². The van der Waals surface area contributed by atoms with Crippen molar-refractivity contribution in [2.24, 2.45) is 0 Å². The molecule has 2 aromatic carbocycles. The van der Waals surface area contributed by atoms with Gasteiger partial charge in [-0.05, 0) is 36.4 Å². The van der Waals surface area contributed by atoms with Crippen molar-refractivity contribution in [1.29, 1.82) is 0 Å². The molecule has 0 radical (unpaired) electrons. The van der Waals surface area contributed by atoms with E-state index in [4.69, 9.17) is 34.8 Å². The highest BCUT2D eigenvalue weighted by molar-refractivity contribution is 6.35. The Hall–Kier alpha value is -1.49. The lowest BCUT2D eigenvalue weighted by atomic mass is 10.3. The third kappa shape index (κ3) is 4.77. The molecule has 1 amide bonds. The molecule has 0 saturated heterocycles. The molecule has 110 valence electrons. The molecule has 3 nitrogen and oxygen atoms in total. The van der Waals surface area contributed by atoms with Gasteiger partial charge in [0, 0.05) is 21.4 Å². The molecule has 2 N–H and O–H groups in total. The van der Waals surface area contributed by atoms with Gasteiger partial charge in [-0.15, -0.1) is 0 Å². The smallest absolute Gasteiger partial charge is 0.243 e. The lowest BCUT2D eigenvalue weighted by Gasteiger charge is -2.09. The van der Waals surface area contributed by atoms with Crippen molar-refractivity contribution in [2.75, 3.05) is 17.2 Å². The number of nitrogens with one attached hydrogen (secondary N) is 2. The average Bonchev–Trinajstić information content (AvgIpc) is 2.40. The van der Waals surface area contributed by atoms with Crippen LogP contribution in [0.3, 0.4) is 0 Å². The predicted molar refractivity (Wildman–Crippen MR) is 85.0 cm³/mol. The highest BCUT2D eigenvalue weighted by atomic mass is 35.5. The van der Waals surface area contributed by atoms with Gasteiger partial charge in [0.2, 0.25) is 5.91 Å². The molecule has 21 heavy (non-hydrogen) atoms. The highest BCUT2D eigenvalue weighted by Gasteiger charge is 2.06. The molecule has 0 spiro atoms. The number of amides is 1. The molecular formula is C14H10Cl3FN2O. The first-order valence-corrected chi connectivity index (χ1v) is 7.02. The summed E-state index contributed by atoms with van der Waals surface area (Å²) >= 11 is 17.3. The highest BCUT2D eigenvalue weighted by Crippen LogP contribution is 2.22. The number of carbonyl (C=O) groups excluding carboxylic acids is 1. The van der Waals surface area contributed by atoms with Gasteiger partial charge in [-0.2, -0.15) is 0 Å². The van der Waals surface area contributed by atoms with Crippen LogP contribution in [0.2, 0.25) is 15.1 Å². The Balaban J connectivity index is 1.94. The van der Waals surface area contributed by atoms with Crippen molar-refractivity contribution in [2.45, 2.75) is 0 Å². The molecule has 7 heteroatoms. The van der Waals surface area contributed by atoms with Gasteiger partial charge in [0.25, 0.3) is 0 Å². The number of rotatable bonds is 4. The zero-order valence-corrected chi connectivity index (χ0v) is 12.9. The molecule has 2 rings (SSSR count). The van der Waals surface area contributed by atoms with Crippen LogP contribution in [0.1, 0.15) is 0 Å². The minimum atomic E-state index is -0.540. The molecule has 0 saturated carbocycles. The Labute approximate surface area is 136 Å². The largest absolute Gasteiger partial charge is 0.376 e. The topological polar surface area (TPSA) is 41.1 Å². The maximum absolute atomic E-state index is 13.0. The normalized spacial score (nSPS) is 10.3. The molecule has 0 unspecified atom stereocenters. The van der Waals surface area contributed by atoms with Gasteiger partial charge in [-0.25, -0.2) is 4.39 Å². The van der Waals surface area contributed by atoms with Crippen LogP contribution < -0.4 is 10.6 Å². The molecule has 0 bridgehead atoms. The van der Waals surface area contributed by atoms with Gasteiger partial charge in [-0.3, -0.25) is 4.79 Å². The van der Waals surface area contributed by atoms with E-state index in [0.29, 0.717) is 21.4 Å². The van der Waals surface area contributed by atoms with E-state index in [-0.39, 0.29) is 17.5 Å². The first kappa shape index (κ1) is 15.9. The molecule has 0 fully saturated rings. The number of hydrogen-bond donors (Lipinski definition) is 2. The van der Waals surface area contributed by atoms with E-state index in [1.165, 1.54) is 18.2 Å². The van der Waals surface area contributed by atoms with Crippen molar-refractivity contribution in [3.8, 4) is 0 Å². The van der Waals surface area contributed by atoms with Crippen molar-refractivity contribution in [1.82, 2.24) is 0 Å². The van der Waals surface area contributed by atoms with Gasteiger partial charge in [-0.1, -0.05) is 34.8 Å². The van der Waals surface area contributed by atoms with Crippen LogP contribution in [0.25, 0.3) is 0 Å². The van der Waals surface area contributed by atoms with Crippen LogP contribution >= 0.6 is 34.8 Å². The van der Waals surface area contributed by atoms with E-state index in [1.807, 2.05) is 0 Å². The van der Waals surface area contributed by atoms with Crippen LogP contribution in [0, 0.1) is 5.82 Å². The Bertz CT molecular complexity index is 659. The fraction of sp³-hybridized carbons (Fsp3) is 0.0714. The molecule has 0 aliphatic rings. The molecule has 2 aromatic rings. The summed E-state index contributed by atoms with van der Waals surface area (Å²) in [6.07, 6.45) is 0. The van der Waals surface area contributed by atoms with E-state index >= 15 is 0 Å². The Morgan fingerprint density at radius 2 is 1.67 bits per heavy atom. The van der Waals surface area contributed by atoms with E-state index in [1.54, 1.807) is 18.2 Å². The lowest BCUT2D eigenvalue weighted by Crippen LogP contribution is -2.21. The summed E-state index contributed by atoms with van der Waals surface area (Å²) in [7, 11) is 0. The maximum atomic E-state index is 13.0. The van der Waals surface area contributed by atoms with Crippen LogP contribution in [-0.4, -0.2) is 12.5 Å². The molecule has 0 heterocycles. The van der Waals surface area contributed by atoms with Crippen LogP contribution in [-0.2, 0) is 4.79 Å². The van der Waals surface area contributed by atoms with Gasteiger partial charge < -0.3 is 10.6 Å². The predicted octanol–water partition coefficient (Wildman–Crippen LogP) is 4.84. The van der Waals surface area contributed by atoms with Crippen molar-refractivity contribution >= 4 is 52.1 Å². The zero-order valence-electron chi connectivity index (χ0n) is 10.6. The summed E-state index contributed by atoms with van der Waals surface area (Å²) in [6.45, 7) is 0.00562. The third-order valence-corrected chi connectivity index (χ3v) is 3.25. The average molecular weight is 348 g/mol. The lowest BCUT2D eigenvalue weighted by molar-refractivity contribution is -0.114.